The number of ether oxygens (including phenoxy) is 2. The molecule has 0 aromatic carbocycles. The summed E-state index contributed by atoms with van der Waals surface area (Å²) >= 11 is 0. The summed E-state index contributed by atoms with van der Waals surface area (Å²) in [6.45, 7) is 3.32. The summed E-state index contributed by atoms with van der Waals surface area (Å²) in [5.41, 5.74) is -1.77. The largest absolute Gasteiger partial charge is 0.481 e. The molecule has 2 rings (SSSR count). The highest BCUT2D eigenvalue weighted by Crippen LogP contribution is 2.34. The van der Waals surface area contributed by atoms with Crippen LogP contribution in [-0.2, 0) is 19.1 Å². The molecule has 2 aliphatic heterocycles. The van der Waals surface area contributed by atoms with E-state index in [1.807, 2.05) is 0 Å². The van der Waals surface area contributed by atoms with Gasteiger partial charge in [0.15, 0.2) is 0 Å². The van der Waals surface area contributed by atoms with E-state index in [4.69, 9.17) is 9.47 Å². The van der Waals surface area contributed by atoms with Crippen molar-refractivity contribution in [3.05, 3.63) is 0 Å². The number of carboxylic acid groups (broad SMARTS) is 1. The standard InChI is InChI=1S/C14H23NO5/c1-13(5-4-8-20-13)11(16)15-7-3-6-14(9-15,10-19-2)12(17)18/h3-10H2,1-2H3,(H,17,18). The third kappa shape index (κ3) is 2.67. The number of amides is 1. The molecule has 0 aliphatic carbocycles. The molecule has 20 heavy (non-hydrogen) atoms. The van der Waals surface area contributed by atoms with Gasteiger partial charge >= 0.3 is 5.97 Å². The predicted molar refractivity (Wildman–Crippen MR) is 71.3 cm³/mol. The van der Waals surface area contributed by atoms with Gasteiger partial charge in [-0.15, -0.1) is 0 Å². The first-order valence-corrected chi connectivity index (χ1v) is 7.09. The van der Waals surface area contributed by atoms with Crippen LogP contribution in [0.2, 0.25) is 0 Å². The number of carboxylic acids is 1. The van der Waals surface area contributed by atoms with E-state index in [2.05, 4.69) is 0 Å². The zero-order valence-corrected chi connectivity index (χ0v) is 12.2. The average molecular weight is 285 g/mol. The van der Waals surface area contributed by atoms with Gasteiger partial charge in [0.1, 0.15) is 11.0 Å². The molecule has 2 unspecified atom stereocenters. The van der Waals surface area contributed by atoms with Crippen molar-refractivity contribution in [2.45, 2.75) is 38.2 Å². The molecule has 0 aromatic heterocycles. The zero-order valence-electron chi connectivity index (χ0n) is 12.2. The lowest BCUT2D eigenvalue weighted by atomic mass is 9.80. The lowest BCUT2D eigenvalue weighted by molar-refractivity contribution is -0.165. The van der Waals surface area contributed by atoms with Crippen LogP contribution in [-0.4, -0.2) is 60.9 Å². The van der Waals surface area contributed by atoms with Crippen molar-refractivity contribution >= 4 is 11.9 Å². The molecule has 6 nitrogen and oxygen atoms in total. The van der Waals surface area contributed by atoms with E-state index in [9.17, 15) is 14.7 Å². The summed E-state index contributed by atoms with van der Waals surface area (Å²) in [7, 11) is 1.49. The molecular formula is C14H23NO5. The molecular weight excluding hydrogens is 262 g/mol. The van der Waals surface area contributed by atoms with Crippen LogP contribution in [0.5, 0.6) is 0 Å². The van der Waals surface area contributed by atoms with Crippen molar-refractivity contribution in [1.82, 2.24) is 4.90 Å². The lowest BCUT2D eigenvalue weighted by Crippen LogP contribution is -2.56. The number of likely N-dealkylation sites (tertiary alicyclic amines) is 1. The van der Waals surface area contributed by atoms with Crippen LogP contribution < -0.4 is 0 Å². The quantitative estimate of drug-likeness (QED) is 0.830. The summed E-state index contributed by atoms with van der Waals surface area (Å²) in [5.74, 6) is -0.981. The van der Waals surface area contributed by atoms with E-state index in [0.717, 1.165) is 6.42 Å². The highest BCUT2D eigenvalue weighted by Gasteiger charge is 2.48. The molecule has 2 fully saturated rings. The fraction of sp³-hybridized carbons (Fsp3) is 0.857. The van der Waals surface area contributed by atoms with E-state index in [1.165, 1.54) is 7.11 Å². The Morgan fingerprint density at radius 3 is 2.65 bits per heavy atom. The topological polar surface area (TPSA) is 76.1 Å². The molecule has 2 saturated heterocycles. The fourth-order valence-corrected chi connectivity index (χ4v) is 3.22. The van der Waals surface area contributed by atoms with E-state index in [1.54, 1.807) is 11.8 Å². The molecule has 0 aromatic rings. The Kier molecular flexibility index (Phi) is 4.34. The number of rotatable bonds is 4. The van der Waals surface area contributed by atoms with Gasteiger partial charge in [-0.3, -0.25) is 9.59 Å². The van der Waals surface area contributed by atoms with E-state index < -0.39 is 17.0 Å². The molecule has 0 bridgehead atoms. The van der Waals surface area contributed by atoms with Crippen LogP contribution in [0.25, 0.3) is 0 Å². The van der Waals surface area contributed by atoms with Gasteiger partial charge in [-0.05, 0) is 32.6 Å². The fourth-order valence-electron chi connectivity index (χ4n) is 3.22. The first kappa shape index (κ1) is 15.3. The number of hydrogen-bond acceptors (Lipinski definition) is 4. The van der Waals surface area contributed by atoms with E-state index in [-0.39, 0.29) is 19.1 Å². The van der Waals surface area contributed by atoms with E-state index in [0.29, 0.717) is 32.4 Å². The minimum atomic E-state index is -0.988. The van der Waals surface area contributed by atoms with Crippen LogP contribution in [0.4, 0.5) is 0 Å². The Morgan fingerprint density at radius 2 is 2.10 bits per heavy atom. The van der Waals surface area contributed by atoms with Crippen LogP contribution in [0.15, 0.2) is 0 Å². The van der Waals surface area contributed by atoms with Crippen LogP contribution in [0.1, 0.15) is 32.6 Å². The van der Waals surface area contributed by atoms with Crippen molar-refractivity contribution in [2.75, 3.05) is 33.4 Å². The normalized spacial score (nSPS) is 34.2. The highest BCUT2D eigenvalue weighted by molar-refractivity contribution is 5.86. The SMILES string of the molecule is COCC1(C(=O)O)CCCN(C(=O)C2(C)CCCO2)C1. The second-order valence-corrected chi connectivity index (χ2v) is 6.03. The number of aliphatic carboxylic acids is 1. The number of methoxy groups -OCH3 is 1. The highest BCUT2D eigenvalue weighted by atomic mass is 16.5. The third-order valence-electron chi connectivity index (χ3n) is 4.41. The molecule has 114 valence electrons. The number of hydrogen-bond donors (Lipinski definition) is 1. The summed E-state index contributed by atoms with van der Waals surface area (Å²) < 4.78 is 10.6. The van der Waals surface area contributed by atoms with Crippen LogP contribution in [0.3, 0.4) is 0 Å². The Morgan fingerprint density at radius 1 is 1.35 bits per heavy atom. The maximum Gasteiger partial charge on any atom is 0.313 e. The van der Waals surface area contributed by atoms with Crippen LogP contribution >= 0.6 is 0 Å². The monoisotopic (exact) mass is 285 g/mol. The Balaban J connectivity index is 2.13. The Labute approximate surface area is 119 Å². The van der Waals surface area contributed by atoms with Gasteiger partial charge in [0, 0.05) is 26.8 Å². The Bertz CT molecular complexity index is 387. The molecule has 2 aliphatic rings. The van der Waals surface area contributed by atoms with Crippen molar-refractivity contribution in [3.63, 3.8) is 0 Å². The van der Waals surface area contributed by atoms with Gasteiger partial charge in [0.25, 0.3) is 5.91 Å². The molecule has 6 heteroatoms. The lowest BCUT2D eigenvalue weighted by Gasteiger charge is -2.41. The van der Waals surface area contributed by atoms with Gasteiger partial charge in [0.05, 0.1) is 6.61 Å². The maximum atomic E-state index is 12.6. The van der Waals surface area contributed by atoms with Gasteiger partial charge in [-0.25, -0.2) is 0 Å². The summed E-state index contributed by atoms with van der Waals surface area (Å²) in [5, 5.41) is 9.50. The molecule has 0 saturated carbocycles. The molecule has 1 N–H and O–H groups in total. The van der Waals surface area contributed by atoms with Gasteiger partial charge in [-0.2, -0.15) is 0 Å². The average Bonchev–Trinajstić information content (AvgIpc) is 2.86. The van der Waals surface area contributed by atoms with Gasteiger partial charge in [-0.1, -0.05) is 0 Å². The minimum Gasteiger partial charge on any atom is -0.481 e. The molecule has 1 amide bonds. The number of piperidine rings is 1. The zero-order chi connectivity index (χ0) is 14.8. The summed E-state index contributed by atoms with van der Waals surface area (Å²) in [4.78, 5) is 25.8. The first-order chi connectivity index (χ1) is 9.43. The Hall–Kier alpha value is -1.14. The molecule has 0 spiro atoms. The first-order valence-electron chi connectivity index (χ1n) is 7.09. The smallest absolute Gasteiger partial charge is 0.313 e. The minimum absolute atomic E-state index is 0.0866. The number of nitrogens with zero attached hydrogens (tertiary/aromatic N) is 1. The molecule has 2 heterocycles. The molecule has 0 radical (unpaired) electrons. The molecule has 2 atom stereocenters. The van der Waals surface area contributed by atoms with Crippen molar-refractivity contribution in [3.8, 4) is 0 Å². The van der Waals surface area contributed by atoms with Crippen molar-refractivity contribution < 1.29 is 24.2 Å². The second-order valence-electron chi connectivity index (χ2n) is 6.03. The van der Waals surface area contributed by atoms with Crippen molar-refractivity contribution in [2.24, 2.45) is 5.41 Å². The van der Waals surface area contributed by atoms with Gasteiger partial charge < -0.3 is 19.5 Å². The third-order valence-corrected chi connectivity index (χ3v) is 4.41. The second kappa shape index (κ2) is 5.69. The maximum absolute atomic E-state index is 12.6. The summed E-state index contributed by atoms with van der Waals surface area (Å²) in [6.07, 6.45) is 2.79. The van der Waals surface area contributed by atoms with E-state index >= 15 is 0 Å². The van der Waals surface area contributed by atoms with Crippen molar-refractivity contribution in [1.29, 1.82) is 0 Å². The number of carbonyl (C=O) groups excluding carboxylic acids is 1. The summed E-state index contributed by atoms with van der Waals surface area (Å²) in [6, 6.07) is 0. The van der Waals surface area contributed by atoms with Gasteiger partial charge in [0.2, 0.25) is 0 Å². The number of carbonyl (C=O) groups is 2. The predicted octanol–water partition coefficient (Wildman–Crippen LogP) is 0.895. The van der Waals surface area contributed by atoms with Crippen LogP contribution in [0, 0.1) is 5.41 Å².